The number of hydrogen-bond donors (Lipinski definition) is 1. The summed E-state index contributed by atoms with van der Waals surface area (Å²) in [6, 6.07) is 6.31. The van der Waals surface area contributed by atoms with Crippen LogP contribution in [0.15, 0.2) is 18.2 Å². The first-order chi connectivity index (χ1) is 9.19. The standard InChI is InChI=1S/C14H18ClN3S/c1-2-19-11-5-4-10(8-11)18-13-6-3-9(15)7-12(13)17-14(18)16/h3,6-7,10-11H,2,4-5,8H2,1H3,(H2,16,17). The van der Waals surface area contributed by atoms with Crippen LogP contribution in [0.3, 0.4) is 0 Å². The van der Waals surface area contributed by atoms with E-state index in [1.165, 1.54) is 25.0 Å². The number of fused-ring (bicyclic) bond motifs is 1. The molecule has 3 nitrogen and oxygen atoms in total. The highest BCUT2D eigenvalue weighted by atomic mass is 35.5. The van der Waals surface area contributed by atoms with Gasteiger partial charge in [0.05, 0.1) is 11.0 Å². The second-order valence-electron chi connectivity index (χ2n) is 5.02. The van der Waals surface area contributed by atoms with Gasteiger partial charge in [0.1, 0.15) is 0 Å². The summed E-state index contributed by atoms with van der Waals surface area (Å²) in [6.45, 7) is 2.22. The molecule has 1 saturated carbocycles. The third-order valence-electron chi connectivity index (χ3n) is 3.80. The maximum absolute atomic E-state index is 6.10. The quantitative estimate of drug-likeness (QED) is 0.926. The van der Waals surface area contributed by atoms with Crippen LogP contribution in [0.1, 0.15) is 32.2 Å². The molecule has 1 aliphatic carbocycles. The summed E-state index contributed by atoms with van der Waals surface area (Å²) in [4.78, 5) is 4.44. The third-order valence-corrected chi connectivity index (χ3v) is 5.27. The van der Waals surface area contributed by atoms with Gasteiger partial charge in [-0.15, -0.1) is 0 Å². The van der Waals surface area contributed by atoms with E-state index < -0.39 is 0 Å². The van der Waals surface area contributed by atoms with E-state index in [0.29, 0.717) is 17.0 Å². The molecule has 0 aliphatic heterocycles. The molecule has 1 aromatic carbocycles. The monoisotopic (exact) mass is 295 g/mol. The number of anilines is 1. The fourth-order valence-electron chi connectivity index (χ4n) is 3.01. The number of halogens is 1. The summed E-state index contributed by atoms with van der Waals surface area (Å²) in [5, 5.41) is 1.47. The van der Waals surface area contributed by atoms with Crippen molar-refractivity contribution >= 4 is 40.3 Å². The summed E-state index contributed by atoms with van der Waals surface area (Å²) in [6.07, 6.45) is 3.66. The van der Waals surface area contributed by atoms with Gasteiger partial charge in [0.15, 0.2) is 0 Å². The van der Waals surface area contributed by atoms with E-state index in [2.05, 4.69) is 28.2 Å². The largest absolute Gasteiger partial charge is 0.369 e. The molecule has 2 N–H and O–H groups in total. The van der Waals surface area contributed by atoms with Gasteiger partial charge in [-0.1, -0.05) is 18.5 Å². The van der Waals surface area contributed by atoms with Crippen LogP contribution in [-0.2, 0) is 0 Å². The zero-order valence-corrected chi connectivity index (χ0v) is 12.5. The molecule has 0 bridgehead atoms. The number of imidazole rings is 1. The molecule has 5 heteroatoms. The maximum atomic E-state index is 6.10. The third kappa shape index (κ3) is 2.43. The van der Waals surface area contributed by atoms with Crippen LogP contribution in [0.4, 0.5) is 5.95 Å². The number of aromatic nitrogens is 2. The molecule has 1 aromatic heterocycles. The van der Waals surface area contributed by atoms with Crippen molar-refractivity contribution < 1.29 is 0 Å². The number of thioether (sulfide) groups is 1. The Morgan fingerprint density at radius 2 is 2.32 bits per heavy atom. The SMILES string of the molecule is CCSC1CCC(n2c(N)nc3cc(Cl)ccc32)C1. The first kappa shape index (κ1) is 13.1. The maximum Gasteiger partial charge on any atom is 0.201 e. The minimum atomic E-state index is 0.482. The van der Waals surface area contributed by atoms with Crippen molar-refractivity contribution in [2.45, 2.75) is 37.5 Å². The second-order valence-corrected chi connectivity index (χ2v) is 7.03. The van der Waals surface area contributed by atoms with Crippen molar-refractivity contribution in [3.8, 4) is 0 Å². The van der Waals surface area contributed by atoms with E-state index in [1.54, 1.807) is 0 Å². The molecule has 2 unspecified atom stereocenters. The summed E-state index contributed by atoms with van der Waals surface area (Å²) >= 11 is 8.07. The molecule has 1 fully saturated rings. The number of nitrogens with two attached hydrogens (primary N) is 1. The van der Waals surface area contributed by atoms with Gasteiger partial charge in [0.25, 0.3) is 0 Å². The van der Waals surface area contributed by atoms with E-state index in [9.17, 15) is 0 Å². The summed E-state index contributed by atoms with van der Waals surface area (Å²) in [7, 11) is 0. The minimum Gasteiger partial charge on any atom is -0.369 e. The number of benzene rings is 1. The van der Waals surface area contributed by atoms with Crippen LogP contribution in [0.25, 0.3) is 11.0 Å². The molecule has 0 radical (unpaired) electrons. The Balaban J connectivity index is 1.95. The lowest BCUT2D eigenvalue weighted by Crippen LogP contribution is -2.09. The normalized spacial score (nSPS) is 23.3. The highest BCUT2D eigenvalue weighted by Crippen LogP contribution is 2.39. The Bertz CT molecular complexity index is 596. The van der Waals surface area contributed by atoms with Gasteiger partial charge < -0.3 is 10.3 Å². The molecule has 0 spiro atoms. The summed E-state index contributed by atoms with van der Waals surface area (Å²) in [5.74, 6) is 1.80. The molecule has 1 aliphatic rings. The van der Waals surface area contributed by atoms with E-state index in [-0.39, 0.29) is 0 Å². The molecule has 1 heterocycles. The van der Waals surface area contributed by atoms with Crippen molar-refractivity contribution in [2.24, 2.45) is 0 Å². The number of rotatable bonds is 3. The Labute approximate surface area is 122 Å². The van der Waals surface area contributed by atoms with Crippen LogP contribution in [-0.4, -0.2) is 20.6 Å². The van der Waals surface area contributed by atoms with E-state index in [4.69, 9.17) is 17.3 Å². The van der Waals surface area contributed by atoms with Gasteiger partial charge in [0.2, 0.25) is 5.95 Å². The van der Waals surface area contributed by atoms with Crippen LogP contribution in [0.2, 0.25) is 5.02 Å². The first-order valence-electron chi connectivity index (χ1n) is 6.73. The highest BCUT2D eigenvalue weighted by Gasteiger charge is 2.28. The van der Waals surface area contributed by atoms with Gasteiger partial charge in [-0.05, 0) is 43.2 Å². The lowest BCUT2D eigenvalue weighted by atomic mass is 10.2. The number of hydrogen-bond acceptors (Lipinski definition) is 3. The zero-order valence-electron chi connectivity index (χ0n) is 11.0. The lowest BCUT2D eigenvalue weighted by molar-refractivity contribution is 0.540. The van der Waals surface area contributed by atoms with Crippen LogP contribution >= 0.6 is 23.4 Å². The van der Waals surface area contributed by atoms with Crippen molar-refractivity contribution in [2.75, 3.05) is 11.5 Å². The molecular weight excluding hydrogens is 278 g/mol. The molecule has 0 saturated heterocycles. The smallest absolute Gasteiger partial charge is 0.201 e. The van der Waals surface area contributed by atoms with Crippen molar-refractivity contribution in [1.29, 1.82) is 0 Å². The summed E-state index contributed by atoms with van der Waals surface area (Å²) in [5.41, 5.74) is 8.11. The molecule has 19 heavy (non-hydrogen) atoms. The van der Waals surface area contributed by atoms with Gasteiger partial charge in [-0.25, -0.2) is 4.98 Å². The average molecular weight is 296 g/mol. The molecule has 0 amide bonds. The van der Waals surface area contributed by atoms with Gasteiger partial charge in [0, 0.05) is 16.3 Å². The number of nitrogen functional groups attached to an aromatic ring is 1. The van der Waals surface area contributed by atoms with Crippen molar-refractivity contribution in [3.63, 3.8) is 0 Å². The van der Waals surface area contributed by atoms with Crippen molar-refractivity contribution in [1.82, 2.24) is 9.55 Å². The van der Waals surface area contributed by atoms with Crippen LogP contribution < -0.4 is 5.73 Å². The Morgan fingerprint density at radius 3 is 3.11 bits per heavy atom. The summed E-state index contributed by atoms with van der Waals surface area (Å²) < 4.78 is 2.20. The van der Waals surface area contributed by atoms with Crippen LogP contribution in [0.5, 0.6) is 0 Å². The first-order valence-corrected chi connectivity index (χ1v) is 8.16. The fourth-order valence-corrected chi connectivity index (χ4v) is 4.31. The zero-order chi connectivity index (χ0) is 13.4. The Hall–Kier alpha value is -0.870. The highest BCUT2D eigenvalue weighted by molar-refractivity contribution is 7.99. The molecule has 102 valence electrons. The lowest BCUT2D eigenvalue weighted by Gasteiger charge is -2.15. The van der Waals surface area contributed by atoms with E-state index in [0.717, 1.165) is 16.3 Å². The van der Waals surface area contributed by atoms with E-state index >= 15 is 0 Å². The molecule has 2 aromatic rings. The van der Waals surface area contributed by atoms with Gasteiger partial charge in [-0.3, -0.25) is 0 Å². The second kappa shape index (κ2) is 5.25. The average Bonchev–Trinajstić information content (AvgIpc) is 2.92. The molecule has 2 atom stereocenters. The predicted molar refractivity (Wildman–Crippen MR) is 84.0 cm³/mol. The Morgan fingerprint density at radius 1 is 1.47 bits per heavy atom. The predicted octanol–water partition coefficient (Wildman–Crippen LogP) is 4.12. The van der Waals surface area contributed by atoms with E-state index in [1.807, 2.05) is 18.2 Å². The fraction of sp³-hybridized carbons (Fsp3) is 0.500. The molecular formula is C14H18ClN3S. The Kier molecular flexibility index (Phi) is 3.63. The van der Waals surface area contributed by atoms with Gasteiger partial charge in [-0.2, -0.15) is 11.8 Å². The van der Waals surface area contributed by atoms with Crippen LogP contribution in [0, 0.1) is 0 Å². The van der Waals surface area contributed by atoms with Gasteiger partial charge >= 0.3 is 0 Å². The number of nitrogens with zero attached hydrogens (tertiary/aromatic N) is 2. The topological polar surface area (TPSA) is 43.8 Å². The van der Waals surface area contributed by atoms with Crippen molar-refractivity contribution in [3.05, 3.63) is 23.2 Å². The molecule has 3 rings (SSSR count). The minimum absolute atomic E-state index is 0.482.